The summed E-state index contributed by atoms with van der Waals surface area (Å²) in [4.78, 5) is 11.5. The highest BCUT2D eigenvalue weighted by Crippen LogP contribution is 2.41. The van der Waals surface area contributed by atoms with Crippen LogP contribution in [0.25, 0.3) is 0 Å². The van der Waals surface area contributed by atoms with E-state index in [0.717, 1.165) is 17.5 Å². The van der Waals surface area contributed by atoms with E-state index in [1.807, 2.05) is 0 Å². The number of benzene rings is 1. The van der Waals surface area contributed by atoms with Crippen molar-refractivity contribution in [3.8, 4) is 5.75 Å². The highest BCUT2D eigenvalue weighted by molar-refractivity contribution is 5.86. The first-order valence-electron chi connectivity index (χ1n) is 8.95. The summed E-state index contributed by atoms with van der Waals surface area (Å²) in [5.41, 5.74) is 3.21. The Morgan fingerprint density at radius 2 is 1.56 bits per heavy atom. The first-order chi connectivity index (χ1) is 11.2. The highest BCUT2D eigenvalue weighted by Gasteiger charge is 2.27. The fourth-order valence-corrected chi connectivity index (χ4v) is 2.70. The number of hydrogen-bond acceptors (Lipinski definition) is 3. The van der Waals surface area contributed by atoms with E-state index >= 15 is 0 Å². The average molecular weight is 347 g/mol. The summed E-state index contributed by atoms with van der Waals surface area (Å²) in [6.07, 6.45) is 0.733. The lowest BCUT2D eigenvalue weighted by Crippen LogP contribution is -2.18. The molecule has 0 spiro atoms. The largest absolute Gasteiger partial charge is 0.507 e. The second-order valence-electron chi connectivity index (χ2n) is 9.07. The molecule has 0 aliphatic heterocycles. The number of carbonyl (C=O) groups is 1. The zero-order chi connectivity index (χ0) is 19.6. The number of aromatic hydroxyl groups is 1. The van der Waals surface area contributed by atoms with Crippen LogP contribution in [0.3, 0.4) is 0 Å². The first kappa shape index (κ1) is 21.3. The molecule has 0 aliphatic carbocycles. The smallest absolute Gasteiger partial charge is 0.333 e. The Balaban J connectivity index is 3.14. The molecule has 1 atom stereocenters. The van der Waals surface area contributed by atoms with Crippen LogP contribution >= 0.6 is 0 Å². The molecule has 0 bridgehead atoms. The number of phenolic OH excluding ortho intramolecular Hbond substituents is 1. The Hall–Kier alpha value is -1.77. The SMILES string of the molecule is C=C(C)C(=O)OCCC(C)c1cc(C(C)(C)C)c(O)c(C(C)(C)C)c1. The summed E-state index contributed by atoms with van der Waals surface area (Å²) in [6.45, 7) is 20.4. The molecular formula is C22H34O3. The second kappa shape index (κ2) is 7.63. The molecule has 3 nitrogen and oxygen atoms in total. The fraction of sp³-hybridized carbons (Fsp3) is 0.591. The molecule has 1 aromatic rings. The van der Waals surface area contributed by atoms with Crippen molar-refractivity contribution in [1.82, 2.24) is 0 Å². The van der Waals surface area contributed by atoms with Crippen LogP contribution in [0.4, 0.5) is 0 Å². The third kappa shape index (κ3) is 5.62. The van der Waals surface area contributed by atoms with Crippen LogP contribution in [0.15, 0.2) is 24.3 Å². The van der Waals surface area contributed by atoms with Gasteiger partial charge in [-0.3, -0.25) is 0 Å². The lowest BCUT2D eigenvalue weighted by atomic mass is 9.77. The summed E-state index contributed by atoms with van der Waals surface area (Å²) in [5, 5.41) is 10.8. The van der Waals surface area contributed by atoms with Crippen LogP contribution in [0.5, 0.6) is 5.75 Å². The van der Waals surface area contributed by atoms with Crippen molar-refractivity contribution in [1.29, 1.82) is 0 Å². The van der Waals surface area contributed by atoms with Crippen LogP contribution in [0.1, 0.15) is 84.4 Å². The molecular weight excluding hydrogens is 312 g/mol. The summed E-state index contributed by atoms with van der Waals surface area (Å²) < 4.78 is 5.23. The molecule has 0 aromatic heterocycles. The van der Waals surface area contributed by atoms with E-state index in [9.17, 15) is 9.90 Å². The van der Waals surface area contributed by atoms with Crippen LogP contribution in [0, 0.1) is 0 Å². The minimum Gasteiger partial charge on any atom is -0.507 e. The lowest BCUT2D eigenvalue weighted by Gasteiger charge is -2.29. The van der Waals surface area contributed by atoms with Gasteiger partial charge in [0.1, 0.15) is 5.75 Å². The second-order valence-corrected chi connectivity index (χ2v) is 9.07. The zero-order valence-electron chi connectivity index (χ0n) is 17.1. The molecule has 0 saturated heterocycles. The number of esters is 1. The third-order valence-corrected chi connectivity index (χ3v) is 4.45. The number of carbonyl (C=O) groups excluding carboxylic acids is 1. The first-order valence-corrected chi connectivity index (χ1v) is 8.95. The van der Waals surface area contributed by atoms with Gasteiger partial charge < -0.3 is 9.84 Å². The molecule has 25 heavy (non-hydrogen) atoms. The summed E-state index contributed by atoms with van der Waals surface area (Å²) in [5.74, 6) is 0.272. The van der Waals surface area contributed by atoms with Gasteiger partial charge in [0.25, 0.3) is 0 Å². The lowest BCUT2D eigenvalue weighted by molar-refractivity contribution is -0.139. The van der Waals surface area contributed by atoms with Gasteiger partial charge in [-0.2, -0.15) is 0 Å². The van der Waals surface area contributed by atoms with Gasteiger partial charge in [0, 0.05) is 5.57 Å². The number of phenols is 1. The predicted octanol–water partition coefficient (Wildman–Crippen LogP) is 5.60. The van der Waals surface area contributed by atoms with Crippen molar-refractivity contribution >= 4 is 5.97 Å². The molecule has 0 radical (unpaired) electrons. The molecule has 0 fully saturated rings. The molecule has 0 amide bonds. The Bertz CT molecular complexity index is 607. The molecule has 140 valence electrons. The average Bonchev–Trinajstić information content (AvgIpc) is 2.44. The number of hydrogen-bond donors (Lipinski definition) is 1. The number of rotatable bonds is 5. The van der Waals surface area contributed by atoms with Gasteiger partial charge in [0.05, 0.1) is 6.61 Å². The molecule has 3 heteroatoms. The van der Waals surface area contributed by atoms with E-state index in [-0.39, 0.29) is 22.7 Å². The Morgan fingerprint density at radius 3 is 1.92 bits per heavy atom. The molecule has 1 N–H and O–H groups in total. The van der Waals surface area contributed by atoms with E-state index in [2.05, 4.69) is 67.2 Å². The maximum Gasteiger partial charge on any atom is 0.333 e. The Morgan fingerprint density at radius 1 is 1.12 bits per heavy atom. The Kier molecular flexibility index (Phi) is 6.50. The van der Waals surface area contributed by atoms with Gasteiger partial charge >= 0.3 is 5.97 Å². The minimum atomic E-state index is -0.344. The van der Waals surface area contributed by atoms with Crippen LogP contribution in [0.2, 0.25) is 0 Å². The maximum absolute atomic E-state index is 11.5. The van der Waals surface area contributed by atoms with Crippen molar-refractivity contribution in [3.63, 3.8) is 0 Å². The van der Waals surface area contributed by atoms with Gasteiger partial charge in [-0.25, -0.2) is 4.79 Å². The topological polar surface area (TPSA) is 46.5 Å². The molecule has 1 rings (SSSR count). The maximum atomic E-state index is 11.5. The minimum absolute atomic E-state index is 0.147. The van der Waals surface area contributed by atoms with Crippen molar-refractivity contribution in [2.75, 3.05) is 6.61 Å². The van der Waals surface area contributed by atoms with E-state index in [0.29, 0.717) is 17.9 Å². The summed E-state index contributed by atoms with van der Waals surface area (Å²) >= 11 is 0. The number of ether oxygens (including phenoxy) is 1. The quantitative estimate of drug-likeness (QED) is 0.557. The van der Waals surface area contributed by atoms with Gasteiger partial charge in [-0.05, 0) is 46.8 Å². The van der Waals surface area contributed by atoms with Crippen LogP contribution in [-0.4, -0.2) is 17.7 Å². The van der Waals surface area contributed by atoms with Crippen LogP contribution in [-0.2, 0) is 20.4 Å². The van der Waals surface area contributed by atoms with E-state index in [1.54, 1.807) is 6.92 Å². The van der Waals surface area contributed by atoms with Crippen molar-refractivity contribution in [2.24, 2.45) is 0 Å². The standard InChI is InChI=1S/C22H34O3/c1-14(2)20(24)25-11-10-15(3)16-12-17(21(4,5)6)19(23)18(13-16)22(7,8)9/h12-13,15,23H,1,10-11H2,2-9H3. The predicted molar refractivity (Wildman–Crippen MR) is 104 cm³/mol. The van der Waals surface area contributed by atoms with Crippen molar-refractivity contribution in [3.05, 3.63) is 41.0 Å². The van der Waals surface area contributed by atoms with Gasteiger partial charge in [0.2, 0.25) is 0 Å². The summed E-state index contributed by atoms with van der Waals surface area (Å²) in [7, 11) is 0. The van der Waals surface area contributed by atoms with Crippen molar-refractivity contribution in [2.45, 2.75) is 78.6 Å². The van der Waals surface area contributed by atoms with Crippen LogP contribution < -0.4 is 0 Å². The molecule has 1 aromatic carbocycles. The summed E-state index contributed by atoms with van der Waals surface area (Å²) in [6, 6.07) is 4.19. The van der Waals surface area contributed by atoms with E-state index in [4.69, 9.17) is 4.74 Å². The van der Waals surface area contributed by atoms with E-state index in [1.165, 1.54) is 5.56 Å². The van der Waals surface area contributed by atoms with Gasteiger partial charge in [-0.15, -0.1) is 0 Å². The van der Waals surface area contributed by atoms with E-state index < -0.39 is 0 Å². The monoisotopic (exact) mass is 346 g/mol. The fourth-order valence-electron chi connectivity index (χ4n) is 2.70. The van der Waals surface area contributed by atoms with Gasteiger partial charge in [-0.1, -0.05) is 67.2 Å². The molecule has 0 aliphatic rings. The van der Waals surface area contributed by atoms with Crippen molar-refractivity contribution < 1.29 is 14.6 Å². The zero-order valence-corrected chi connectivity index (χ0v) is 17.1. The molecule has 0 saturated carbocycles. The highest BCUT2D eigenvalue weighted by atomic mass is 16.5. The molecule has 0 heterocycles. The normalized spacial score (nSPS) is 13.4. The van der Waals surface area contributed by atoms with Gasteiger partial charge in [0.15, 0.2) is 0 Å². The Labute approximate surface area is 153 Å². The molecule has 1 unspecified atom stereocenters. The third-order valence-electron chi connectivity index (χ3n) is 4.45.